The summed E-state index contributed by atoms with van der Waals surface area (Å²) in [5.74, 6) is 0.130. The standard InChI is InChI=1S/C18H37NO2Si/c1-6-7-8-9-12-15-18(20)19(21-2)16-13-10-11-14-17-22(3,4)5/h11,14H,6-10,12-13,15-17H2,1-5H3/b14-11+. The van der Waals surface area contributed by atoms with E-state index in [1.165, 1.54) is 30.4 Å². The van der Waals surface area contributed by atoms with Gasteiger partial charge in [-0.05, 0) is 25.3 Å². The van der Waals surface area contributed by atoms with Crippen LogP contribution in [-0.4, -0.2) is 32.7 Å². The zero-order chi connectivity index (χ0) is 16.8. The Balaban J connectivity index is 3.79. The van der Waals surface area contributed by atoms with Crippen molar-refractivity contribution >= 4 is 14.0 Å². The maximum absolute atomic E-state index is 12.0. The van der Waals surface area contributed by atoms with Crippen LogP contribution in [-0.2, 0) is 9.63 Å². The van der Waals surface area contributed by atoms with E-state index < -0.39 is 8.07 Å². The number of hydrogen-bond donors (Lipinski definition) is 0. The molecule has 0 rings (SSSR count). The van der Waals surface area contributed by atoms with Gasteiger partial charge in [0, 0.05) is 21.0 Å². The molecule has 0 heterocycles. The van der Waals surface area contributed by atoms with Gasteiger partial charge in [-0.2, -0.15) is 0 Å². The molecule has 0 spiro atoms. The molecule has 0 radical (unpaired) electrons. The fourth-order valence-electron chi connectivity index (χ4n) is 2.23. The maximum Gasteiger partial charge on any atom is 0.246 e. The molecule has 130 valence electrons. The first-order chi connectivity index (χ1) is 10.4. The lowest BCUT2D eigenvalue weighted by atomic mass is 10.1. The van der Waals surface area contributed by atoms with E-state index in [1.807, 2.05) is 0 Å². The van der Waals surface area contributed by atoms with Gasteiger partial charge >= 0.3 is 0 Å². The quantitative estimate of drug-likeness (QED) is 0.196. The summed E-state index contributed by atoms with van der Waals surface area (Å²) in [6.45, 7) is 10.0. The summed E-state index contributed by atoms with van der Waals surface area (Å²) >= 11 is 0. The van der Waals surface area contributed by atoms with Gasteiger partial charge in [0.15, 0.2) is 0 Å². The van der Waals surface area contributed by atoms with Gasteiger partial charge in [-0.15, -0.1) is 0 Å². The third kappa shape index (κ3) is 13.1. The lowest BCUT2D eigenvalue weighted by Gasteiger charge is -2.19. The van der Waals surface area contributed by atoms with E-state index in [2.05, 4.69) is 38.7 Å². The van der Waals surface area contributed by atoms with Gasteiger partial charge in [0.1, 0.15) is 0 Å². The van der Waals surface area contributed by atoms with Gasteiger partial charge in [0.05, 0.1) is 7.11 Å². The Hall–Kier alpha value is -0.613. The van der Waals surface area contributed by atoms with Gasteiger partial charge in [0.25, 0.3) is 0 Å². The third-order valence-electron chi connectivity index (χ3n) is 3.62. The van der Waals surface area contributed by atoms with Crippen molar-refractivity contribution in [2.75, 3.05) is 13.7 Å². The van der Waals surface area contributed by atoms with E-state index in [1.54, 1.807) is 7.11 Å². The Kier molecular flexibility index (Phi) is 12.5. The molecule has 0 saturated heterocycles. The molecule has 0 saturated carbocycles. The monoisotopic (exact) mass is 327 g/mol. The Bertz CT molecular complexity index is 311. The third-order valence-corrected chi connectivity index (χ3v) is 5.08. The zero-order valence-electron chi connectivity index (χ0n) is 15.5. The number of hydroxylamine groups is 2. The fourth-order valence-corrected chi connectivity index (χ4v) is 3.10. The van der Waals surface area contributed by atoms with Crippen LogP contribution in [0, 0.1) is 0 Å². The summed E-state index contributed by atoms with van der Waals surface area (Å²) in [6, 6.07) is 1.23. The van der Waals surface area contributed by atoms with Crippen LogP contribution in [0.3, 0.4) is 0 Å². The van der Waals surface area contributed by atoms with Gasteiger partial charge in [-0.1, -0.05) is 64.4 Å². The molecular weight excluding hydrogens is 290 g/mol. The fraction of sp³-hybridized carbons (Fsp3) is 0.833. The van der Waals surface area contributed by atoms with E-state index in [0.717, 1.165) is 25.7 Å². The molecule has 0 N–H and O–H groups in total. The molecular formula is C18H37NO2Si. The van der Waals surface area contributed by atoms with Crippen LogP contribution in [0.15, 0.2) is 12.2 Å². The number of carbonyl (C=O) groups is 1. The van der Waals surface area contributed by atoms with E-state index in [9.17, 15) is 4.79 Å². The predicted octanol–water partition coefficient (Wildman–Crippen LogP) is 5.41. The van der Waals surface area contributed by atoms with Gasteiger partial charge < -0.3 is 0 Å². The largest absolute Gasteiger partial charge is 0.274 e. The number of nitrogens with zero attached hydrogens (tertiary/aromatic N) is 1. The molecule has 0 aromatic heterocycles. The number of allylic oxidation sites excluding steroid dienone is 2. The summed E-state index contributed by atoms with van der Waals surface area (Å²) in [7, 11) is 0.628. The zero-order valence-corrected chi connectivity index (χ0v) is 16.5. The molecule has 0 bridgehead atoms. The highest BCUT2D eigenvalue weighted by Crippen LogP contribution is 2.10. The lowest BCUT2D eigenvalue weighted by Crippen LogP contribution is -2.30. The SMILES string of the molecule is CCCCCCCC(=O)N(CCC/C=C/C[Si](C)(C)C)OC. The Morgan fingerprint density at radius 2 is 1.73 bits per heavy atom. The molecule has 0 fully saturated rings. The van der Waals surface area contributed by atoms with Gasteiger partial charge in [-0.3, -0.25) is 9.63 Å². The van der Waals surface area contributed by atoms with Crippen molar-refractivity contribution in [3.63, 3.8) is 0 Å². The van der Waals surface area contributed by atoms with Crippen molar-refractivity contribution in [1.29, 1.82) is 0 Å². The molecule has 0 aromatic rings. The number of rotatable bonds is 13. The second kappa shape index (κ2) is 12.9. The van der Waals surface area contributed by atoms with E-state index >= 15 is 0 Å². The molecule has 1 amide bonds. The second-order valence-corrected chi connectivity index (χ2v) is 12.8. The molecule has 0 aliphatic carbocycles. The highest BCUT2D eigenvalue weighted by atomic mass is 28.3. The van der Waals surface area contributed by atoms with Crippen molar-refractivity contribution in [2.45, 2.75) is 84.0 Å². The Morgan fingerprint density at radius 1 is 1.05 bits per heavy atom. The van der Waals surface area contributed by atoms with Crippen molar-refractivity contribution in [3.8, 4) is 0 Å². The minimum absolute atomic E-state index is 0.130. The first kappa shape index (κ1) is 21.4. The van der Waals surface area contributed by atoms with Crippen molar-refractivity contribution < 1.29 is 9.63 Å². The smallest absolute Gasteiger partial charge is 0.246 e. The van der Waals surface area contributed by atoms with Crippen LogP contribution < -0.4 is 0 Å². The van der Waals surface area contributed by atoms with Crippen molar-refractivity contribution in [2.24, 2.45) is 0 Å². The maximum atomic E-state index is 12.0. The highest BCUT2D eigenvalue weighted by Gasteiger charge is 2.12. The number of amides is 1. The molecule has 3 nitrogen and oxygen atoms in total. The summed E-state index contributed by atoms with van der Waals surface area (Å²) < 4.78 is 0. The summed E-state index contributed by atoms with van der Waals surface area (Å²) in [6.07, 6.45) is 13.0. The van der Waals surface area contributed by atoms with Gasteiger partial charge in [-0.25, -0.2) is 5.06 Å². The van der Waals surface area contributed by atoms with Crippen LogP contribution in [0.4, 0.5) is 0 Å². The van der Waals surface area contributed by atoms with Crippen LogP contribution in [0.1, 0.15) is 58.3 Å². The van der Waals surface area contributed by atoms with Crippen molar-refractivity contribution in [1.82, 2.24) is 5.06 Å². The molecule has 22 heavy (non-hydrogen) atoms. The molecule has 0 aliphatic rings. The van der Waals surface area contributed by atoms with E-state index in [4.69, 9.17) is 4.84 Å². The summed E-state index contributed by atoms with van der Waals surface area (Å²) in [5, 5.41) is 1.53. The van der Waals surface area contributed by atoms with Gasteiger partial charge in [0.2, 0.25) is 5.91 Å². The van der Waals surface area contributed by atoms with Crippen molar-refractivity contribution in [3.05, 3.63) is 12.2 Å². The topological polar surface area (TPSA) is 29.5 Å². The minimum atomic E-state index is -0.965. The van der Waals surface area contributed by atoms with Crippen LogP contribution in [0.2, 0.25) is 25.7 Å². The first-order valence-corrected chi connectivity index (χ1v) is 12.6. The number of carbonyl (C=O) groups excluding carboxylic acids is 1. The highest BCUT2D eigenvalue weighted by molar-refractivity contribution is 6.76. The Morgan fingerprint density at radius 3 is 2.32 bits per heavy atom. The minimum Gasteiger partial charge on any atom is -0.274 e. The predicted molar refractivity (Wildman–Crippen MR) is 98.6 cm³/mol. The van der Waals surface area contributed by atoms with E-state index in [-0.39, 0.29) is 5.91 Å². The second-order valence-electron chi connectivity index (χ2n) is 7.22. The molecule has 0 atom stereocenters. The molecule has 0 unspecified atom stereocenters. The average Bonchev–Trinajstić information content (AvgIpc) is 2.45. The lowest BCUT2D eigenvalue weighted by molar-refractivity contribution is -0.176. The number of unbranched alkanes of at least 4 members (excludes halogenated alkanes) is 5. The van der Waals surface area contributed by atoms with Crippen LogP contribution in [0.25, 0.3) is 0 Å². The summed E-state index contributed by atoms with van der Waals surface area (Å²) in [4.78, 5) is 17.3. The van der Waals surface area contributed by atoms with Crippen LogP contribution in [0.5, 0.6) is 0 Å². The summed E-state index contributed by atoms with van der Waals surface area (Å²) in [5.41, 5.74) is 0. The normalized spacial score (nSPS) is 12.0. The molecule has 4 heteroatoms. The molecule has 0 aromatic carbocycles. The van der Waals surface area contributed by atoms with Crippen LogP contribution >= 0.6 is 0 Å². The van der Waals surface area contributed by atoms with E-state index in [0.29, 0.717) is 13.0 Å². The Labute approximate surface area is 139 Å². The number of hydrogen-bond acceptors (Lipinski definition) is 2. The molecule has 0 aliphatic heterocycles. The average molecular weight is 328 g/mol. The first-order valence-electron chi connectivity index (χ1n) is 8.90.